The summed E-state index contributed by atoms with van der Waals surface area (Å²) in [5.41, 5.74) is 1.05. The third kappa shape index (κ3) is 3.53. The van der Waals surface area contributed by atoms with Crippen LogP contribution in [0.2, 0.25) is 15.1 Å². The van der Waals surface area contributed by atoms with Crippen LogP contribution in [0.3, 0.4) is 0 Å². The van der Waals surface area contributed by atoms with E-state index in [0.717, 1.165) is 10.9 Å². The molecular formula is C16H12Cl3N3O2S. The third-order valence-corrected chi connectivity index (χ3v) is 5.44. The largest absolute Gasteiger partial charge is 0.477 e. The molecule has 5 nitrogen and oxygen atoms in total. The van der Waals surface area contributed by atoms with E-state index in [0.29, 0.717) is 32.9 Å². The highest BCUT2D eigenvalue weighted by atomic mass is 35.5. The highest BCUT2D eigenvalue weighted by Crippen LogP contribution is 2.37. The fourth-order valence-electron chi connectivity index (χ4n) is 2.33. The number of nitrogens with one attached hydrogen (secondary N) is 1. The average Bonchev–Trinajstić information content (AvgIpc) is 2.89. The first-order valence-electron chi connectivity index (χ1n) is 7.25. The number of rotatable bonds is 4. The van der Waals surface area contributed by atoms with Crippen LogP contribution in [-0.4, -0.2) is 22.5 Å². The number of fused-ring (bicyclic) bond motifs is 1. The van der Waals surface area contributed by atoms with Gasteiger partial charge in [-0.2, -0.15) is 0 Å². The van der Waals surface area contributed by atoms with Crippen LogP contribution in [-0.2, 0) is 0 Å². The number of carbonyl (C=O) groups excluding carboxylic acids is 1. The molecule has 2 heterocycles. The van der Waals surface area contributed by atoms with Crippen LogP contribution in [0.1, 0.15) is 22.2 Å². The zero-order chi connectivity index (χ0) is 18.1. The molecule has 0 aliphatic carbocycles. The smallest absolute Gasteiger partial charge is 0.266 e. The summed E-state index contributed by atoms with van der Waals surface area (Å²) in [7, 11) is 0. The first-order valence-corrected chi connectivity index (χ1v) is 9.20. The number of thiophene rings is 1. The number of halogens is 3. The quantitative estimate of drug-likeness (QED) is 0.600. The summed E-state index contributed by atoms with van der Waals surface area (Å²) < 4.78 is 5.53. The molecule has 9 heteroatoms. The van der Waals surface area contributed by atoms with Gasteiger partial charge in [0.15, 0.2) is 0 Å². The highest BCUT2D eigenvalue weighted by Gasteiger charge is 2.21. The lowest BCUT2D eigenvalue weighted by atomic mass is 10.2. The molecule has 0 aliphatic heterocycles. The minimum Gasteiger partial charge on any atom is -0.477 e. The molecule has 0 bridgehead atoms. The lowest BCUT2D eigenvalue weighted by Crippen LogP contribution is -2.12. The predicted octanol–water partition coefficient (Wildman–Crippen LogP) is 5.61. The van der Waals surface area contributed by atoms with Crippen molar-refractivity contribution in [3.63, 3.8) is 0 Å². The number of amides is 1. The van der Waals surface area contributed by atoms with E-state index in [1.807, 2.05) is 13.8 Å². The van der Waals surface area contributed by atoms with Gasteiger partial charge >= 0.3 is 0 Å². The molecule has 25 heavy (non-hydrogen) atoms. The van der Waals surface area contributed by atoms with Gasteiger partial charge in [0.05, 0.1) is 32.6 Å². The van der Waals surface area contributed by atoms with E-state index in [4.69, 9.17) is 39.5 Å². The molecular weight excluding hydrogens is 405 g/mol. The van der Waals surface area contributed by atoms with Gasteiger partial charge in [-0.05, 0) is 31.5 Å². The summed E-state index contributed by atoms with van der Waals surface area (Å²) in [6, 6.07) is 3.03. The molecule has 1 aromatic carbocycles. The summed E-state index contributed by atoms with van der Waals surface area (Å²) in [5.74, 6) is 0.122. The summed E-state index contributed by atoms with van der Waals surface area (Å²) >= 11 is 19.4. The van der Waals surface area contributed by atoms with Crippen molar-refractivity contribution in [3.8, 4) is 5.88 Å². The van der Waals surface area contributed by atoms with E-state index >= 15 is 0 Å². The first kappa shape index (κ1) is 18.2. The number of carbonyl (C=O) groups is 1. The normalized spacial score (nSPS) is 10.9. The number of hydrogen-bond acceptors (Lipinski definition) is 5. The van der Waals surface area contributed by atoms with Crippen LogP contribution >= 0.6 is 46.1 Å². The molecule has 0 aliphatic rings. The van der Waals surface area contributed by atoms with Crippen molar-refractivity contribution in [1.82, 2.24) is 9.97 Å². The fourth-order valence-corrected chi connectivity index (χ4v) is 4.28. The van der Waals surface area contributed by atoms with Gasteiger partial charge in [-0.3, -0.25) is 4.79 Å². The number of aryl methyl sites for hydroxylation is 1. The Hall–Kier alpha value is -1.60. The molecule has 0 spiro atoms. The van der Waals surface area contributed by atoms with Gasteiger partial charge in [0.2, 0.25) is 5.88 Å². The Morgan fingerprint density at radius 2 is 1.92 bits per heavy atom. The van der Waals surface area contributed by atoms with E-state index in [-0.39, 0.29) is 16.0 Å². The molecule has 0 fully saturated rings. The molecule has 0 unspecified atom stereocenters. The molecule has 0 atom stereocenters. The Labute approximate surface area is 162 Å². The average molecular weight is 417 g/mol. The fraction of sp³-hybridized carbons (Fsp3) is 0.188. The summed E-state index contributed by atoms with van der Waals surface area (Å²) in [5, 5.41) is 4.38. The van der Waals surface area contributed by atoms with Crippen LogP contribution in [0.25, 0.3) is 10.2 Å². The van der Waals surface area contributed by atoms with Crippen molar-refractivity contribution in [1.29, 1.82) is 0 Å². The van der Waals surface area contributed by atoms with Crippen LogP contribution in [0.15, 0.2) is 18.5 Å². The Morgan fingerprint density at radius 3 is 2.56 bits per heavy atom. The molecule has 1 amide bonds. The van der Waals surface area contributed by atoms with Gasteiger partial charge in [-0.25, -0.2) is 9.97 Å². The number of aromatic nitrogens is 2. The van der Waals surface area contributed by atoms with Gasteiger partial charge in [-0.15, -0.1) is 11.3 Å². The van der Waals surface area contributed by atoms with Gasteiger partial charge < -0.3 is 10.1 Å². The van der Waals surface area contributed by atoms with Crippen molar-refractivity contribution in [2.45, 2.75) is 13.8 Å². The lowest BCUT2D eigenvalue weighted by Gasteiger charge is -2.09. The van der Waals surface area contributed by atoms with Crippen LogP contribution < -0.4 is 10.1 Å². The lowest BCUT2D eigenvalue weighted by molar-refractivity contribution is 0.103. The number of hydrogen-bond donors (Lipinski definition) is 1. The van der Waals surface area contributed by atoms with Crippen LogP contribution in [0.4, 0.5) is 5.69 Å². The van der Waals surface area contributed by atoms with Crippen molar-refractivity contribution >= 4 is 68.0 Å². The summed E-state index contributed by atoms with van der Waals surface area (Å²) in [6.45, 7) is 4.16. The standard InChI is InChI=1S/C16H12Cl3N3O2S/c1-3-24-15-11-7(2)13(25-16(11)21-6-20-15)14(23)22-12-9(18)4-8(17)5-10(12)19/h4-6H,3H2,1-2H3,(H,22,23). The topological polar surface area (TPSA) is 64.1 Å². The maximum Gasteiger partial charge on any atom is 0.266 e. The van der Waals surface area contributed by atoms with Crippen molar-refractivity contribution in [3.05, 3.63) is 44.0 Å². The second-order valence-corrected chi connectivity index (χ2v) is 7.30. The Bertz CT molecular complexity index is 952. The van der Waals surface area contributed by atoms with Crippen LogP contribution in [0.5, 0.6) is 5.88 Å². The van der Waals surface area contributed by atoms with Gasteiger partial charge in [0.1, 0.15) is 11.2 Å². The second kappa shape index (κ2) is 7.33. The monoisotopic (exact) mass is 415 g/mol. The van der Waals surface area contributed by atoms with Crippen molar-refractivity contribution in [2.75, 3.05) is 11.9 Å². The number of anilines is 1. The molecule has 0 saturated heterocycles. The Morgan fingerprint density at radius 1 is 1.24 bits per heavy atom. The van der Waals surface area contributed by atoms with Crippen molar-refractivity contribution < 1.29 is 9.53 Å². The zero-order valence-corrected chi connectivity index (χ0v) is 16.3. The van der Waals surface area contributed by atoms with Gasteiger partial charge in [0, 0.05) is 5.02 Å². The summed E-state index contributed by atoms with van der Waals surface area (Å²) in [4.78, 5) is 22.2. The van der Waals surface area contributed by atoms with E-state index in [2.05, 4.69) is 15.3 Å². The van der Waals surface area contributed by atoms with Crippen molar-refractivity contribution in [2.24, 2.45) is 0 Å². The number of ether oxygens (including phenoxy) is 1. The third-order valence-electron chi connectivity index (χ3n) is 3.42. The zero-order valence-electron chi connectivity index (χ0n) is 13.2. The molecule has 2 aromatic heterocycles. The number of nitrogens with zero attached hydrogens (tertiary/aromatic N) is 2. The summed E-state index contributed by atoms with van der Waals surface area (Å²) in [6.07, 6.45) is 1.41. The minimum absolute atomic E-state index is 0.263. The molecule has 3 rings (SSSR count). The Balaban J connectivity index is 2.01. The molecule has 3 aromatic rings. The predicted molar refractivity (Wildman–Crippen MR) is 103 cm³/mol. The number of benzene rings is 1. The van der Waals surface area contributed by atoms with Crippen LogP contribution in [0, 0.1) is 6.92 Å². The van der Waals surface area contributed by atoms with Gasteiger partial charge in [-0.1, -0.05) is 34.8 Å². The van der Waals surface area contributed by atoms with E-state index in [1.165, 1.54) is 29.8 Å². The van der Waals surface area contributed by atoms with E-state index in [1.54, 1.807) is 0 Å². The molecule has 0 saturated carbocycles. The minimum atomic E-state index is -0.339. The van der Waals surface area contributed by atoms with E-state index < -0.39 is 0 Å². The maximum absolute atomic E-state index is 12.7. The second-order valence-electron chi connectivity index (χ2n) is 5.05. The molecule has 0 radical (unpaired) electrons. The highest BCUT2D eigenvalue weighted by molar-refractivity contribution is 7.20. The first-order chi connectivity index (χ1) is 11.9. The molecule has 1 N–H and O–H groups in total. The Kier molecular flexibility index (Phi) is 5.34. The maximum atomic E-state index is 12.7. The molecule has 130 valence electrons. The van der Waals surface area contributed by atoms with Gasteiger partial charge in [0.25, 0.3) is 5.91 Å². The SMILES string of the molecule is CCOc1ncnc2sc(C(=O)Nc3c(Cl)cc(Cl)cc3Cl)c(C)c12. The van der Waals surface area contributed by atoms with E-state index in [9.17, 15) is 4.79 Å².